The van der Waals surface area contributed by atoms with E-state index in [0.717, 1.165) is 36.7 Å². The second-order valence-electron chi connectivity index (χ2n) is 7.40. The Kier molecular flexibility index (Phi) is 3.83. The maximum atomic E-state index is 11.6. The number of rotatable bonds is 2. The van der Waals surface area contributed by atoms with Crippen molar-refractivity contribution in [3.63, 3.8) is 0 Å². The number of carbonyl (C=O) groups is 2. The molecule has 3 atom stereocenters. The van der Waals surface area contributed by atoms with Crippen molar-refractivity contribution >= 4 is 12.3 Å². The van der Waals surface area contributed by atoms with Gasteiger partial charge in [-0.15, -0.1) is 0 Å². The summed E-state index contributed by atoms with van der Waals surface area (Å²) in [4.78, 5) is 23.1. The molecule has 0 aliphatic heterocycles. The molecule has 2 aliphatic rings. The van der Waals surface area contributed by atoms with Gasteiger partial charge in [-0.25, -0.2) is 0 Å². The van der Waals surface area contributed by atoms with E-state index in [4.69, 9.17) is 4.74 Å². The maximum Gasteiger partial charge on any atom is 0.302 e. The summed E-state index contributed by atoms with van der Waals surface area (Å²) < 4.78 is 5.64. The molecule has 0 spiro atoms. The SMILES string of the molecule is CC(=O)O[C@H]1CC(C)=C(C=O)[C@@]2(C)CCCC(C)(C)[C@H]12. The summed E-state index contributed by atoms with van der Waals surface area (Å²) in [6, 6.07) is 0. The fraction of sp³-hybridized carbons (Fsp3) is 0.765. The molecule has 0 N–H and O–H groups in total. The summed E-state index contributed by atoms with van der Waals surface area (Å²) in [5.41, 5.74) is 1.95. The van der Waals surface area contributed by atoms with E-state index in [2.05, 4.69) is 20.8 Å². The zero-order valence-corrected chi connectivity index (χ0v) is 13.3. The Hall–Kier alpha value is -1.12. The molecule has 0 heterocycles. The molecule has 0 aromatic heterocycles. The first-order valence-corrected chi connectivity index (χ1v) is 7.55. The first kappa shape index (κ1) is 15.3. The van der Waals surface area contributed by atoms with Gasteiger partial charge in [0.15, 0.2) is 0 Å². The first-order valence-electron chi connectivity index (χ1n) is 7.55. The van der Waals surface area contributed by atoms with Gasteiger partial charge in [0, 0.05) is 24.7 Å². The molecule has 112 valence electrons. The number of ether oxygens (including phenoxy) is 1. The third-order valence-electron chi connectivity index (χ3n) is 5.43. The third-order valence-corrected chi connectivity index (χ3v) is 5.43. The summed E-state index contributed by atoms with van der Waals surface area (Å²) >= 11 is 0. The second kappa shape index (κ2) is 5.01. The smallest absolute Gasteiger partial charge is 0.302 e. The topological polar surface area (TPSA) is 43.4 Å². The molecule has 1 fully saturated rings. The summed E-state index contributed by atoms with van der Waals surface area (Å²) in [5, 5.41) is 0. The van der Waals surface area contributed by atoms with Crippen LogP contribution in [0, 0.1) is 16.7 Å². The number of carbonyl (C=O) groups excluding carboxylic acids is 2. The van der Waals surface area contributed by atoms with Crippen LogP contribution in [0.5, 0.6) is 0 Å². The molecule has 20 heavy (non-hydrogen) atoms. The van der Waals surface area contributed by atoms with Gasteiger partial charge in [0.05, 0.1) is 0 Å². The predicted molar refractivity (Wildman–Crippen MR) is 78.2 cm³/mol. The minimum absolute atomic E-state index is 0.0854. The number of hydrogen-bond acceptors (Lipinski definition) is 3. The minimum Gasteiger partial charge on any atom is -0.462 e. The van der Waals surface area contributed by atoms with E-state index < -0.39 is 0 Å². The van der Waals surface area contributed by atoms with Crippen molar-refractivity contribution in [1.29, 1.82) is 0 Å². The molecule has 0 bridgehead atoms. The molecule has 3 heteroatoms. The van der Waals surface area contributed by atoms with Crippen molar-refractivity contribution in [2.75, 3.05) is 0 Å². The molecular formula is C17H26O3. The zero-order valence-electron chi connectivity index (χ0n) is 13.3. The van der Waals surface area contributed by atoms with Crippen LogP contribution in [0.15, 0.2) is 11.1 Å². The minimum atomic E-state index is -0.221. The molecule has 0 aromatic rings. The number of esters is 1. The van der Waals surface area contributed by atoms with Crippen LogP contribution < -0.4 is 0 Å². The Morgan fingerprint density at radius 1 is 1.30 bits per heavy atom. The normalized spacial score (nSPS) is 36.2. The van der Waals surface area contributed by atoms with Crippen molar-refractivity contribution in [3.8, 4) is 0 Å². The molecule has 0 aromatic carbocycles. The van der Waals surface area contributed by atoms with E-state index in [0.29, 0.717) is 6.42 Å². The highest BCUT2D eigenvalue weighted by atomic mass is 16.5. The van der Waals surface area contributed by atoms with Crippen molar-refractivity contribution in [3.05, 3.63) is 11.1 Å². The average molecular weight is 278 g/mol. The van der Waals surface area contributed by atoms with Gasteiger partial charge >= 0.3 is 5.97 Å². The second-order valence-corrected chi connectivity index (χ2v) is 7.40. The third kappa shape index (κ3) is 2.32. The average Bonchev–Trinajstić information content (AvgIpc) is 2.25. The summed E-state index contributed by atoms with van der Waals surface area (Å²) in [6.45, 7) is 10.1. The van der Waals surface area contributed by atoms with E-state index in [-0.39, 0.29) is 28.8 Å². The van der Waals surface area contributed by atoms with E-state index in [1.54, 1.807) is 0 Å². The summed E-state index contributed by atoms with van der Waals surface area (Å²) in [7, 11) is 0. The number of hydrogen-bond donors (Lipinski definition) is 0. The van der Waals surface area contributed by atoms with Gasteiger partial charge in [0.1, 0.15) is 12.4 Å². The Morgan fingerprint density at radius 3 is 2.50 bits per heavy atom. The van der Waals surface area contributed by atoms with Crippen molar-refractivity contribution in [1.82, 2.24) is 0 Å². The Bertz CT molecular complexity index is 461. The Labute approximate surface area is 121 Å². The molecule has 2 aliphatic carbocycles. The number of fused-ring (bicyclic) bond motifs is 1. The van der Waals surface area contributed by atoms with E-state index in [9.17, 15) is 9.59 Å². The maximum absolute atomic E-state index is 11.6. The fourth-order valence-corrected chi connectivity index (χ4v) is 4.88. The fourth-order valence-electron chi connectivity index (χ4n) is 4.88. The van der Waals surface area contributed by atoms with Crippen LogP contribution in [0.25, 0.3) is 0 Å². The monoisotopic (exact) mass is 278 g/mol. The van der Waals surface area contributed by atoms with Gasteiger partial charge in [0.2, 0.25) is 0 Å². The van der Waals surface area contributed by atoms with Crippen LogP contribution in [-0.4, -0.2) is 18.4 Å². The van der Waals surface area contributed by atoms with E-state index >= 15 is 0 Å². The van der Waals surface area contributed by atoms with Gasteiger partial charge in [-0.3, -0.25) is 9.59 Å². The highest BCUT2D eigenvalue weighted by molar-refractivity contribution is 5.77. The van der Waals surface area contributed by atoms with Crippen LogP contribution in [0.4, 0.5) is 0 Å². The van der Waals surface area contributed by atoms with E-state index in [1.807, 2.05) is 6.92 Å². The van der Waals surface area contributed by atoms with Crippen LogP contribution >= 0.6 is 0 Å². The molecule has 0 saturated heterocycles. The number of allylic oxidation sites excluding steroid dienone is 1. The molecule has 1 saturated carbocycles. The summed E-state index contributed by atoms with van der Waals surface area (Å²) in [5.74, 6) is -0.00220. The predicted octanol–water partition coefficient (Wildman–Crippen LogP) is 3.67. The van der Waals surface area contributed by atoms with Gasteiger partial charge in [-0.05, 0) is 30.8 Å². The largest absolute Gasteiger partial charge is 0.462 e. The molecule has 0 radical (unpaired) electrons. The first-order chi connectivity index (χ1) is 9.22. The van der Waals surface area contributed by atoms with Crippen LogP contribution in [-0.2, 0) is 14.3 Å². The lowest BCUT2D eigenvalue weighted by atomic mass is 9.49. The van der Waals surface area contributed by atoms with Crippen LogP contribution in [0.1, 0.15) is 60.3 Å². The van der Waals surface area contributed by atoms with Gasteiger partial charge < -0.3 is 4.74 Å². The molecule has 0 unspecified atom stereocenters. The van der Waals surface area contributed by atoms with E-state index in [1.165, 1.54) is 6.92 Å². The molecule has 0 amide bonds. The molecular weight excluding hydrogens is 252 g/mol. The van der Waals surface area contributed by atoms with Crippen molar-refractivity contribution in [2.45, 2.75) is 66.4 Å². The number of aldehydes is 1. The standard InChI is InChI=1S/C17H26O3/c1-11-9-14(20-12(2)19)15-16(3,4)7-6-8-17(15,5)13(11)10-18/h10,14-15H,6-9H2,1-5H3/t14-,15-,17+/m0/s1. The molecule has 2 rings (SSSR count). The van der Waals surface area contributed by atoms with Crippen LogP contribution in [0.2, 0.25) is 0 Å². The highest BCUT2D eigenvalue weighted by Gasteiger charge is 2.55. The van der Waals surface area contributed by atoms with Gasteiger partial charge in [-0.1, -0.05) is 32.8 Å². The van der Waals surface area contributed by atoms with Gasteiger partial charge in [-0.2, -0.15) is 0 Å². The van der Waals surface area contributed by atoms with Gasteiger partial charge in [0.25, 0.3) is 0 Å². The van der Waals surface area contributed by atoms with Crippen molar-refractivity contribution < 1.29 is 14.3 Å². The lowest BCUT2D eigenvalue weighted by molar-refractivity contribution is -0.160. The van der Waals surface area contributed by atoms with Crippen molar-refractivity contribution in [2.24, 2.45) is 16.7 Å². The zero-order chi connectivity index (χ0) is 15.1. The quantitative estimate of drug-likeness (QED) is 0.572. The highest BCUT2D eigenvalue weighted by Crippen LogP contribution is 2.59. The lowest BCUT2D eigenvalue weighted by Crippen LogP contribution is -2.53. The Morgan fingerprint density at radius 2 is 1.95 bits per heavy atom. The lowest BCUT2D eigenvalue weighted by Gasteiger charge is -2.56. The Balaban J connectivity index is 2.52. The van der Waals surface area contributed by atoms with Crippen LogP contribution in [0.3, 0.4) is 0 Å². The molecule has 3 nitrogen and oxygen atoms in total. The summed E-state index contributed by atoms with van der Waals surface area (Å²) in [6.07, 6.45) is 4.87.